The molecule has 1 aromatic carbocycles. The van der Waals surface area contributed by atoms with Gasteiger partial charge in [0.05, 0.1) is 16.8 Å². The van der Waals surface area contributed by atoms with E-state index in [2.05, 4.69) is 60.2 Å². The molecule has 3 rings (SSSR count). The second kappa shape index (κ2) is 7.98. The summed E-state index contributed by atoms with van der Waals surface area (Å²) in [6.07, 6.45) is 3.53. The van der Waals surface area contributed by atoms with Gasteiger partial charge in [0.1, 0.15) is 11.1 Å². The highest BCUT2D eigenvalue weighted by molar-refractivity contribution is 6.33. The minimum atomic E-state index is 0.0548. The van der Waals surface area contributed by atoms with Gasteiger partial charge in [-0.2, -0.15) is 10.2 Å². The first-order chi connectivity index (χ1) is 13.5. The van der Waals surface area contributed by atoms with Gasteiger partial charge in [0.15, 0.2) is 5.82 Å². The van der Waals surface area contributed by atoms with Gasteiger partial charge < -0.3 is 10.6 Å². The van der Waals surface area contributed by atoms with E-state index in [-0.39, 0.29) is 17.1 Å². The minimum Gasteiger partial charge on any atom is -0.366 e. The van der Waals surface area contributed by atoms with Gasteiger partial charge in [0.25, 0.3) is 0 Å². The fourth-order valence-electron chi connectivity index (χ4n) is 4.01. The third-order valence-electron chi connectivity index (χ3n) is 5.74. The van der Waals surface area contributed by atoms with Crippen molar-refractivity contribution >= 4 is 40.7 Å². The summed E-state index contributed by atoms with van der Waals surface area (Å²) in [6, 6.07) is 7.37. The Balaban J connectivity index is 1.79. The van der Waals surface area contributed by atoms with Crippen LogP contribution in [0.15, 0.2) is 24.4 Å². The van der Waals surface area contributed by atoms with E-state index in [0.29, 0.717) is 33.1 Å². The van der Waals surface area contributed by atoms with Crippen molar-refractivity contribution in [3.63, 3.8) is 0 Å². The van der Waals surface area contributed by atoms with Crippen molar-refractivity contribution in [1.29, 1.82) is 5.26 Å². The van der Waals surface area contributed by atoms with Gasteiger partial charge in [-0.1, -0.05) is 23.2 Å². The summed E-state index contributed by atoms with van der Waals surface area (Å²) < 4.78 is 0. The van der Waals surface area contributed by atoms with E-state index < -0.39 is 0 Å². The monoisotopic (exact) mass is 432 g/mol. The number of likely N-dealkylation sites (tertiary alicyclic amines) is 1. The lowest BCUT2D eigenvalue weighted by Crippen LogP contribution is -2.61. The van der Waals surface area contributed by atoms with Crippen LogP contribution in [0.5, 0.6) is 0 Å². The molecule has 0 amide bonds. The SMILES string of the molecule is CN1C(C)(C)CC(Nc2nc(Nc3ccc(C#N)c(Cl)c3)ncc2Cl)CC1(C)C. The van der Waals surface area contributed by atoms with Crippen molar-refractivity contribution in [2.24, 2.45) is 0 Å². The molecule has 0 atom stereocenters. The summed E-state index contributed by atoms with van der Waals surface area (Å²) in [4.78, 5) is 11.3. The molecule has 0 bridgehead atoms. The second-order valence-corrected chi connectivity index (χ2v) is 9.57. The second-order valence-electron chi connectivity index (χ2n) is 8.75. The zero-order valence-electron chi connectivity index (χ0n) is 17.3. The number of halogens is 2. The number of rotatable bonds is 4. The summed E-state index contributed by atoms with van der Waals surface area (Å²) >= 11 is 12.5. The van der Waals surface area contributed by atoms with Crippen molar-refractivity contribution in [3.8, 4) is 6.07 Å². The van der Waals surface area contributed by atoms with Crippen LogP contribution in [0.4, 0.5) is 17.5 Å². The molecule has 0 saturated carbocycles. The number of nitrogens with one attached hydrogen (secondary N) is 2. The molecule has 154 valence electrons. The van der Waals surface area contributed by atoms with E-state index in [4.69, 9.17) is 28.5 Å². The zero-order valence-corrected chi connectivity index (χ0v) is 18.9. The molecule has 2 aromatic rings. The predicted molar refractivity (Wildman–Crippen MR) is 119 cm³/mol. The van der Waals surface area contributed by atoms with Gasteiger partial charge in [-0.05, 0) is 65.8 Å². The fraction of sp³-hybridized carbons (Fsp3) is 0.476. The Morgan fingerprint density at radius 1 is 1.14 bits per heavy atom. The first kappa shape index (κ1) is 21.6. The number of piperidine rings is 1. The molecular formula is C21H26Cl2N6. The van der Waals surface area contributed by atoms with Crippen LogP contribution in [0.25, 0.3) is 0 Å². The van der Waals surface area contributed by atoms with Gasteiger partial charge in [0.2, 0.25) is 5.95 Å². The number of nitriles is 1. The highest BCUT2D eigenvalue weighted by atomic mass is 35.5. The van der Waals surface area contributed by atoms with Crippen LogP contribution < -0.4 is 10.6 Å². The van der Waals surface area contributed by atoms with Crippen molar-refractivity contribution in [2.45, 2.75) is 57.7 Å². The molecule has 0 aliphatic carbocycles. The van der Waals surface area contributed by atoms with E-state index in [1.54, 1.807) is 24.4 Å². The van der Waals surface area contributed by atoms with Crippen molar-refractivity contribution in [3.05, 3.63) is 40.0 Å². The molecule has 2 heterocycles. The summed E-state index contributed by atoms with van der Waals surface area (Å²) in [5.74, 6) is 1.01. The summed E-state index contributed by atoms with van der Waals surface area (Å²) in [5.41, 5.74) is 1.23. The molecule has 0 spiro atoms. The largest absolute Gasteiger partial charge is 0.366 e. The third kappa shape index (κ3) is 4.75. The standard InChI is InChI=1S/C21H26Cl2N6/c1-20(2)9-15(10-21(3,4)29(20)5)26-18-17(23)12-25-19(28-18)27-14-7-6-13(11-24)16(22)8-14/h6-8,12,15H,9-10H2,1-5H3,(H2,25,26,27,28). The predicted octanol–water partition coefficient (Wildman–Crippen LogP) is 5.46. The molecule has 1 aliphatic rings. The van der Waals surface area contributed by atoms with Gasteiger partial charge >= 0.3 is 0 Å². The minimum absolute atomic E-state index is 0.0548. The molecular weight excluding hydrogens is 407 g/mol. The first-order valence-corrected chi connectivity index (χ1v) is 10.3. The molecule has 2 N–H and O–H groups in total. The van der Waals surface area contributed by atoms with Gasteiger partial charge in [-0.25, -0.2) is 4.98 Å². The maximum atomic E-state index is 9.01. The van der Waals surface area contributed by atoms with Crippen LogP contribution >= 0.6 is 23.2 Å². The number of hydrogen-bond acceptors (Lipinski definition) is 6. The molecule has 0 radical (unpaired) electrons. The smallest absolute Gasteiger partial charge is 0.229 e. The average molecular weight is 433 g/mol. The normalized spacial score (nSPS) is 18.8. The quantitative estimate of drug-likeness (QED) is 0.667. The molecule has 1 aliphatic heterocycles. The lowest BCUT2D eigenvalue weighted by molar-refractivity contribution is -0.00772. The molecule has 29 heavy (non-hydrogen) atoms. The van der Waals surface area contributed by atoms with Crippen LogP contribution in [0.2, 0.25) is 10.0 Å². The van der Waals surface area contributed by atoms with E-state index >= 15 is 0 Å². The lowest BCUT2D eigenvalue weighted by Gasteiger charge is -2.53. The maximum Gasteiger partial charge on any atom is 0.229 e. The number of nitrogens with zero attached hydrogens (tertiary/aromatic N) is 4. The number of anilines is 3. The van der Waals surface area contributed by atoms with Gasteiger partial charge in [-0.3, -0.25) is 4.90 Å². The Kier molecular flexibility index (Phi) is 5.96. The highest BCUT2D eigenvalue weighted by Crippen LogP contribution is 2.38. The van der Waals surface area contributed by atoms with E-state index in [1.165, 1.54) is 0 Å². The molecule has 1 fully saturated rings. The van der Waals surface area contributed by atoms with E-state index in [0.717, 1.165) is 12.8 Å². The summed E-state index contributed by atoms with van der Waals surface area (Å²) in [5, 5.41) is 16.5. The van der Waals surface area contributed by atoms with Crippen molar-refractivity contribution in [1.82, 2.24) is 14.9 Å². The van der Waals surface area contributed by atoms with Gasteiger partial charge in [-0.15, -0.1) is 0 Å². The van der Waals surface area contributed by atoms with Crippen LogP contribution in [0.3, 0.4) is 0 Å². The van der Waals surface area contributed by atoms with E-state index in [1.807, 2.05) is 6.07 Å². The summed E-state index contributed by atoms with van der Waals surface area (Å²) in [7, 11) is 2.18. The maximum absolute atomic E-state index is 9.01. The third-order valence-corrected chi connectivity index (χ3v) is 6.33. The molecule has 0 unspecified atom stereocenters. The number of hydrogen-bond donors (Lipinski definition) is 2. The lowest BCUT2D eigenvalue weighted by atomic mass is 9.77. The van der Waals surface area contributed by atoms with Crippen LogP contribution in [-0.2, 0) is 0 Å². The molecule has 8 heteroatoms. The Labute approximate surface area is 182 Å². The molecule has 1 saturated heterocycles. The topological polar surface area (TPSA) is 76.9 Å². The van der Waals surface area contributed by atoms with E-state index in [9.17, 15) is 0 Å². The number of aromatic nitrogens is 2. The van der Waals surface area contributed by atoms with Gasteiger partial charge in [0, 0.05) is 22.8 Å². The fourth-order valence-corrected chi connectivity index (χ4v) is 4.38. The Morgan fingerprint density at radius 2 is 1.79 bits per heavy atom. The Bertz CT molecular complexity index is 933. The van der Waals surface area contributed by atoms with Crippen LogP contribution in [0.1, 0.15) is 46.1 Å². The number of benzene rings is 1. The molecule has 6 nitrogen and oxygen atoms in total. The molecule has 1 aromatic heterocycles. The first-order valence-electron chi connectivity index (χ1n) is 9.51. The Hall–Kier alpha value is -2.07. The van der Waals surface area contributed by atoms with Crippen LogP contribution in [-0.4, -0.2) is 39.0 Å². The van der Waals surface area contributed by atoms with Crippen molar-refractivity contribution in [2.75, 3.05) is 17.7 Å². The highest BCUT2D eigenvalue weighted by Gasteiger charge is 2.43. The van der Waals surface area contributed by atoms with Crippen molar-refractivity contribution < 1.29 is 0 Å². The Morgan fingerprint density at radius 3 is 2.38 bits per heavy atom. The average Bonchev–Trinajstić information content (AvgIpc) is 2.62. The summed E-state index contributed by atoms with van der Waals surface area (Å²) in [6.45, 7) is 9.02. The zero-order chi connectivity index (χ0) is 21.4. The van der Waals surface area contributed by atoms with Crippen LogP contribution in [0, 0.1) is 11.3 Å².